The number of likely N-dealkylation sites (tertiary alicyclic amines) is 1. The molecule has 0 aromatic heterocycles. The van der Waals surface area contributed by atoms with Gasteiger partial charge in [0.1, 0.15) is 29.8 Å². The molecule has 8 atom stereocenters. The lowest BCUT2D eigenvalue weighted by Crippen LogP contribution is -2.59. The summed E-state index contributed by atoms with van der Waals surface area (Å²) in [6, 6.07) is 21.1. The minimum atomic E-state index is -1.58. The second-order valence-electron chi connectivity index (χ2n) is 14.1. The van der Waals surface area contributed by atoms with Crippen LogP contribution < -0.4 is 10.2 Å². The van der Waals surface area contributed by atoms with Crippen LogP contribution in [0.4, 0.5) is 5.69 Å². The summed E-state index contributed by atoms with van der Waals surface area (Å²) in [6.45, 7) is 3.24. The van der Waals surface area contributed by atoms with Crippen LogP contribution in [0.2, 0.25) is 5.02 Å². The molecule has 0 radical (unpaired) electrons. The summed E-state index contributed by atoms with van der Waals surface area (Å²) < 4.78 is 13.5. The lowest BCUT2D eigenvalue weighted by Gasteiger charge is -2.39. The SMILES string of the molecule is Cc1cccc(Cl)c1N1C/C=C\CCC(=O)N[C@@H](C)[C@H](c2ccccc2)OC(=O)[C@H]2[C@@H]3O[C@@]4(C=C3Br)[C@@H]2C(=O)N([C@@H](CO)Cc2ccccc2)[C@@H]4C1=O. The van der Waals surface area contributed by atoms with E-state index in [0.717, 1.165) is 11.1 Å². The van der Waals surface area contributed by atoms with Gasteiger partial charge in [-0.2, -0.15) is 0 Å². The van der Waals surface area contributed by atoms with Crippen LogP contribution in [-0.4, -0.2) is 76.7 Å². The molecule has 4 heterocycles. The summed E-state index contributed by atoms with van der Waals surface area (Å²) in [5.41, 5.74) is 1.13. The van der Waals surface area contributed by atoms with E-state index in [1.807, 2.05) is 79.7 Å². The average molecular weight is 803 g/mol. The first-order chi connectivity index (χ1) is 25.6. The van der Waals surface area contributed by atoms with Gasteiger partial charge in [0, 0.05) is 17.4 Å². The molecule has 2 saturated heterocycles. The van der Waals surface area contributed by atoms with Crippen molar-refractivity contribution in [3.8, 4) is 0 Å². The lowest BCUT2D eigenvalue weighted by molar-refractivity contribution is -0.161. The lowest BCUT2D eigenvalue weighted by atomic mass is 9.74. The highest BCUT2D eigenvalue weighted by atomic mass is 79.9. The number of allylic oxidation sites excluding steroid dienone is 1. The number of nitrogens with one attached hydrogen (secondary N) is 1. The first-order valence-corrected chi connectivity index (χ1v) is 19.0. The van der Waals surface area contributed by atoms with Crippen LogP contribution in [0.25, 0.3) is 0 Å². The summed E-state index contributed by atoms with van der Waals surface area (Å²) in [5, 5.41) is 14.3. The van der Waals surface area contributed by atoms with Crippen LogP contribution in [0.1, 0.15) is 42.6 Å². The molecule has 2 fully saturated rings. The Morgan fingerprint density at radius 1 is 0.962 bits per heavy atom. The predicted octanol–water partition coefficient (Wildman–Crippen LogP) is 5.60. The molecule has 5 bridgehead atoms. The van der Waals surface area contributed by atoms with Gasteiger partial charge in [0.15, 0.2) is 0 Å². The highest BCUT2D eigenvalue weighted by Crippen LogP contribution is 2.59. The predicted molar refractivity (Wildman–Crippen MR) is 203 cm³/mol. The van der Waals surface area contributed by atoms with E-state index in [1.165, 1.54) is 9.80 Å². The fraction of sp³-hybridized carbons (Fsp3) is 0.366. The Morgan fingerprint density at radius 2 is 1.68 bits per heavy atom. The van der Waals surface area contributed by atoms with Crippen LogP contribution >= 0.6 is 27.5 Å². The van der Waals surface area contributed by atoms with Gasteiger partial charge < -0.3 is 29.7 Å². The van der Waals surface area contributed by atoms with Gasteiger partial charge in [-0.3, -0.25) is 19.2 Å². The summed E-state index contributed by atoms with van der Waals surface area (Å²) >= 11 is 10.4. The van der Waals surface area contributed by atoms with E-state index in [2.05, 4.69) is 21.2 Å². The smallest absolute Gasteiger partial charge is 0.313 e. The van der Waals surface area contributed by atoms with Gasteiger partial charge in [-0.15, -0.1) is 0 Å². The molecular formula is C41H41BrClN3O7. The third-order valence-electron chi connectivity index (χ3n) is 10.7. The van der Waals surface area contributed by atoms with Crippen LogP contribution in [-0.2, 0) is 35.1 Å². The molecule has 12 heteroatoms. The van der Waals surface area contributed by atoms with E-state index < -0.39 is 72.2 Å². The Bertz CT molecular complexity index is 1940. The number of esters is 1. The molecule has 0 aliphatic carbocycles. The van der Waals surface area contributed by atoms with Crippen molar-refractivity contribution in [1.29, 1.82) is 0 Å². The molecule has 2 N–H and O–H groups in total. The zero-order valence-electron chi connectivity index (χ0n) is 29.4. The number of amides is 3. The highest BCUT2D eigenvalue weighted by molar-refractivity contribution is 9.11. The first-order valence-electron chi connectivity index (χ1n) is 17.8. The van der Waals surface area contributed by atoms with Gasteiger partial charge in [-0.05, 0) is 55.5 Å². The number of halogens is 2. The normalized spacial score (nSPS) is 30.1. The average Bonchev–Trinajstić information content (AvgIpc) is 3.75. The van der Waals surface area contributed by atoms with Crippen molar-refractivity contribution >= 4 is 56.9 Å². The van der Waals surface area contributed by atoms with Crippen LogP contribution in [0.3, 0.4) is 0 Å². The maximum atomic E-state index is 15.4. The van der Waals surface area contributed by atoms with E-state index in [4.69, 9.17) is 21.1 Å². The fourth-order valence-corrected chi connectivity index (χ4v) is 9.42. The van der Waals surface area contributed by atoms with Gasteiger partial charge in [-0.1, -0.05) is 112 Å². The number of rotatable bonds is 6. The second kappa shape index (κ2) is 15.2. The third kappa shape index (κ3) is 6.73. The number of carbonyl (C=O) groups excluding carboxylic acids is 4. The Morgan fingerprint density at radius 3 is 2.38 bits per heavy atom. The number of nitrogens with zero attached hydrogens (tertiary/aromatic N) is 2. The van der Waals surface area contributed by atoms with E-state index >= 15 is 9.59 Å². The molecule has 10 nitrogen and oxygen atoms in total. The zero-order valence-corrected chi connectivity index (χ0v) is 31.7. The molecule has 0 unspecified atom stereocenters. The summed E-state index contributed by atoms with van der Waals surface area (Å²) in [6.07, 6.45) is 4.37. The van der Waals surface area contributed by atoms with Crippen molar-refractivity contribution in [2.24, 2.45) is 11.8 Å². The van der Waals surface area contributed by atoms with Gasteiger partial charge in [0.2, 0.25) is 11.8 Å². The number of fused-ring (bicyclic) bond motifs is 2. The molecule has 0 saturated carbocycles. The summed E-state index contributed by atoms with van der Waals surface area (Å²) in [4.78, 5) is 61.2. The summed E-state index contributed by atoms with van der Waals surface area (Å²) in [7, 11) is 0. The number of hydrogen-bond acceptors (Lipinski definition) is 7. The van der Waals surface area contributed by atoms with Crippen molar-refractivity contribution in [1.82, 2.24) is 10.2 Å². The summed E-state index contributed by atoms with van der Waals surface area (Å²) in [5.74, 6) is -4.21. The van der Waals surface area contributed by atoms with Gasteiger partial charge in [-0.25, -0.2) is 0 Å². The van der Waals surface area contributed by atoms with Crippen molar-refractivity contribution in [2.45, 2.75) is 69.0 Å². The molecule has 4 aliphatic heterocycles. The van der Waals surface area contributed by atoms with Crippen LogP contribution in [0.15, 0.2) is 102 Å². The quantitative estimate of drug-likeness (QED) is 0.246. The minimum Gasteiger partial charge on any atom is -0.455 e. The molecular weight excluding hydrogens is 762 g/mol. The minimum absolute atomic E-state index is 0.0685. The van der Waals surface area contributed by atoms with E-state index in [0.29, 0.717) is 27.2 Å². The van der Waals surface area contributed by atoms with Crippen molar-refractivity contribution < 1.29 is 33.8 Å². The Balaban J connectivity index is 1.39. The largest absolute Gasteiger partial charge is 0.455 e. The van der Waals surface area contributed by atoms with E-state index in [9.17, 15) is 14.7 Å². The number of benzene rings is 3. The third-order valence-corrected chi connectivity index (χ3v) is 11.7. The Hall–Kier alpha value is -4.29. The van der Waals surface area contributed by atoms with Gasteiger partial charge >= 0.3 is 5.97 Å². The van der Waals surface area contributed by atoms with Crippen molar-refractivity contribution in [3.63, 3.8) is 0 Å². The first kappa shape index (κ1) is 37.0. The maximum Gasteiger partial charge on any atom is 0.313 e. The number of aliphatic hydroxyl groups is 1. The van der Waals surface area contributed by atoms with E-state index in [-0.39, 0.29) is 25.3 Å². The monoisotopic (exact) mass is 801 g/mol. The topological polar surface area (TPSA) is 125 Å². The molecule has 3 amide bonds. The second-order valence-corrected chi connectivity index (χ2v) is 15.4. The van der Waals surface area contributed by atoms with Crippen molar-refractivity contribution in [3.05, 3.63) is 123 Å². The van der Waals surface area contributed by atoms with Crippen LogP contribution in [0.5, 0.6) is 0 Å². The number of hydrogen-bond donors (Lipinski definition) is 2. The fourth-order valence-electron chi connectivity index (χ4n) is 8.36. The Kier molecular flexibility index (Phi) is 10.6. The molecule has 4 aliphatic rings. The van der Waals surface area contributed by atoms with Crippen molar-refractivity contribution in [2.75, 3.05) is 18.1 Å². The number of cyclic esters (lactones) is 1. The number of ether oxygens (including phenoxy) is 2. The molecule has 1 spiro atoms. The Labute approximate surface area is 321 Å². The molecule has 276 valence electrons. The standard InChI is InChI=1S/C41H41BrClN3O7/c1-24-13-12-18-30(43)34(24)45-20-11-5-10-19-31(48)44-25(2)35(27-16-8-4-9-17-27)52-40(51)32-33-38(49)46(28(23-47)21-26-14-6-3-7-15-26)37(39(45)50)41(33)22-29(42)36(32)53-41/h3-9,11-18,22,25,28,32-33,35-37,47H,10,19-21,23H2,1-2H3,(H,44,48)/b11-5-/t25-,28+,32+,33-,35+,36+,37+,41-/m0/s1. The van der Waals surface area contributed by atoms with Crippen LogP contribution in [0, 0.1) is 18.8 Å². The number of anilines is 1. The zero-order chi connectivity index (χ0) is 37.4. The number of aryl methyl sites for hydroxylation is 1. The highest BCUT2D eigenvalue weighted by Gasteiger charge is 2.75. The molecule has 7 rings (SSSR count). The molecule has 53 heavy (non-hydrogen) atoms. The number of carbonyl (C=O) groups is 4. The van der Waals surface area contributed by atoms with Gasteiger partial charge in [0.05, 0.1) is 35.3 Å². The molecule has 3 aromatic carbocycles. The maximum absolute atomic E-state index is 15.4. The van der Waals surface area contributed by atoms with Gasteiger partial charge in [0.25, 0.3) is 5.91 Å². The number of aliphatic hydroxyl groups excluding tert-OH is 1. The molecule has 3 aromatic rings. The number of para-hydroxylation sites is 1. The van der Waals surface area contributed by atoms with E-state index in [1.54, 1.807) is 31.2 Å².